The maximum Gasteiger partial charge on any atom is 0.278 e. The molecule has 3 amide bonds. The largest absolute Gasteiger partial charge is 0.364 e. The molecule has 0 radical (unpaired) electrons. The molecule has 0 spiro atoms. The monoisotopic (exact) mass is 433 g/mol. The number of nitrogens with one attached hydrogen (secondary N) is 1. The van der Waals surface area contributed by atoms with Gasteiger partial charge in [0.25, 0.3) is 11.8 Å². The van der Waals surface area contributed by atoms with Gasteiger partial charge in [-0.15, -0.1) is 0 Å². The van der Waals surface area contributed by atoms with Gasteiger partial charge < -0.3 is 15.1 Å². The first-order chi connectivity index (χ1) is 15.5. The van der Waals surface area contributed by atoms with Crippen LogP contribution in [0.2, 0.25) is 0 Å². The summed E-state index contributed by atoms with van der Waals surface area (Å²) in [6.45, 7) is 7.72. The first-order valence-corrected chi connectivity index (χ1v) is 10.8. The van der Waals surface area contributed by atoms with Crippen LogP contribution in [0, 0.1) is 0 Å². The van der Waals surface area contributed by atoms with Crippen molar-refractivity contribution in [3.63, 3.8) is 0 Å². The Morgan fingerprint density at radius 2 is 1.72 bits per heavy atom. The quantitative estimate of drug-likeness (QED) is 0.701. The van der Waals surface area contributed by atoms with Crippen LogP contribution >= 0.6 is 0 Å². The number of hydrogen-bond acceptors (Lipinski definition) is 6. The summed E-state index contributed by atoms with van der Waals surface area (Å²) < 4.78 is 0. The molecule has 0 aliphatic carbocycles. The van der Waals surface area contributed by atoms with Crippen molar-refractivity contribution in [1.29, 1.82) is 0 Å². The Morgan fingerprint density at radius 1 is 1.00 bits per heavy atom. The van der Waals surface area contributed by atoms with Gasteiger partial charge in [-0.3, -0.25) is 24.3 Å². The van der Waals surface area contributed by atoms with Gasteiger partial charge in [0.15, 0.2) is 0 Å². The van der Waals surface area contributed by atoms with Crippen LogP contribution in [0.4, 0.5) is 5.69 Å². The summed E-state index contributed by atoms with van der Waals surface area (Å²) in [4.78, 5) is 48.2. The summed E-state index contributed by atoms with van der Waals surface area (Å²) in [7, 11) is 0. The number of imide groups is 1. The van der Waals surface area contributed by atoms with Crippen LogP contribution in [0.3, 0.4) is 0 Å². The third-order valence-electron chi connectivity index (χ3n) is 5.82. The lowest BCUT2D eigenvalue weighted by Crippen LogP contribution is -2.47. The van der Waals surface area contributed by atoms with Crippen LogP contribution in [0.15, 0.2) is 54.4 Å². The molecule has 2 aliphatic rings. The van der Waals surface area contributed by atoms with E-state index in [1.807, 2.05) is 11.0 Å². The second kappa shape index (κ2) is 9.32. The molecule has 1 fully saturated rings. The minimum Gasteiger partial charge on any atom is -0.364 e. The van der Waals surface area contributed by atoms with Gasteiger partial charge >= 0.3 is 0 Å². The van der Waals surface area contributed by atoms with Crippen LogP contribution in [0.25, 0.3) is 5.57 Å². The SMILES string of the molecule is CCN1CCN(C2=C(c3ccc(NC(C)=O)cc3)C(=O)N(Cc3ccccn3)C2=O)CC1. The van der Waals surface area contributed by atoms with E-state index < -0.39 is 0 Å². The van der Waals surface area contributed by atoms with Crippen molar-refractivity contribution in [1.82, 2.24) is 19.7 Å². The molecule has 166 valence electrons. The number of nitrogens with zero attached hydrogens (tertiary/aromatic N) is 4. The molecule has 1 aromatic heterocycles. The van der Waals surface area contributed by atoms with E-state index in [1.54, 1.807) is 42.6 Å². The van der Waals surface area contributed by atoms with E-state index in [0.29, 0.717) is 41.3 Å². The fourth-order valence-electron chi connectivity index (χ4n) is 4.13. The molecule has 3 heterocycles. The summed E-state index contributed by atoms with van der Waals surface area (Å²) >= 11 is 0. The van der Waals surface area contributed by atoms with Crippen molar-refractivity contribution in [2.24, 2.45) is 0 Å². The van der Waals surface area contributed by atoms with Gasteiger partial charge in [0, 0.05) is 45.0 Å². The Balaban J connectivity index is 1.68. The molecule has 8 nitrogen and oxygen atoms in total. The third-order valence-corrected chi connectivity index (χ3v) is 5.82. The molecule has 1 N–H and O–H groups in total. The first-order valence-electron chi connectivity index (χ1n) is 10.8. The molecule has 0 saturated carbocycles. The molecule has 0 bridgehead atoms. The van der Waals surface area contributed by atoms with Crippen molar-refractivity contribution >= 4 is 29.0 Å². The molecule has 1 aromatic carbocycles. The number of anilines is 1. The normalized spacial score (nSPS) is 17.3. The average Bonchev–Trinajstić information content (AvgIpc) is 3.05. The summed E-state index contributed by atoms with van der Waals surface area (Å²) in [5, 5.41) is 2.73. The van der Waals surface area contributed by atoms with Crippen LogP contribution in [0.5, 0.6) is 0 Å². The highest BCUT2D eigenvalue weighted by atomic mass is 16.2. The zero-order valence-corrected chi connectivity index (χ0v) is 18.4. The van der Waals surface area contributed by atoms with Gasteiger partial charge in [0.1, 0.15) is 5.70 Å². The van der Waals surface area contributed by atoms with Crippen molar-refractivity contribution in [3.8, 4) is 0 Å². The standard InChI is InChI=1S/C24H27N5O3/c1-3-27-12-14-28(15-13-27)22-21(18-7-9-19(10-8-18)26-17(2)30)23(31)29(24(22)32)16-20-6-4-5-11-25-20/h4-11H,3,12-16H2,1-2H3,(H,26,30). The summed E-state index contributed by atoms with van der Waals surface area (Å²) in [6.07, 6.45) is 1.65. The highest BCUT2D eigenvalue weighted by molar-refractivity contribution is 6.35. The Kier molecular flexibility index (Phi) is 6.32. The Morgan fingerprint density at radius 3 is 2.31 bits per heavy atom. The highest BCUT2D eigenvalue weighted by Crippen LogP contribution is 2.33. The van der Waals surface area contributed by atoms with E-state index >= 15 is 0 Å². The van der Waals surface area contributed by atoms with Crippen LogP contribution in [-0.4, -0.2) is 70.1 Å². The van der Waals surface area contributed by atoms with Crippen molar-refractivity contribution in [2.75, 3.05) is 38.0 Å². The molecular weight excluding hydrogens is 406 g/mol. The fraction of sp³-hybridized carbons (Fsp3) is 0.333. The van der Waals surface area contributed by atoms with Gasteiger partial charge in [-0.1, -0.05) is 25.1 Å². The number of hydrogen-bond donors (Lipinski definition) is 1. The minimum atomic E-state index is -0.319. The average molecular weight is 434 g/mol. The third kappa shape index (κ3) is 4.40. The van der Waals surface area contributed by atoms with Gasteiger partial charge in [-0.25, -0.2) is 0 Å². The van der Waals surface area contributed by atoms with Crippen LogP contribution in [-0.2, 0) is 20.9 Å². The second-order valence-corrected chi connectivity index (χ2v) is 7.92. The lowest BCUT2D eigenvalue weighted by atomic mass is 10.0. The van der Waals surface area contributed by atoms with Gasteiger partial charge in [-0.2, -0.15) is 0 Å². The molecule has 4 rings (SSSR count). The number of amides is 3. The number of pyridine rings is 1. The Bertz CT molecular complexity index is 1040. The number of aromatic nitrogens is 1. The van der Waals surface area contributed by atoms with Crippen LogP contribution in [0.1, 0.15) is 25.1 Å². The number of benzene rings is 1. The molecule has 0 atom stereocenters. The first kappa shape index (κ1) is 21.7. The minimum absolute atomic E-state index is 0.129. The Hall–Kier alpha value is -3.52. The lowest BCUT2D eigenvalue weighted by molar-refractivity contribution is -0.138. The zero-order valence-electron chi connectivity index (χ0n) is 18.4. The van der Waals surface area contributed by atoms with Crippen LogP contribution < -0.4 is 5.32 Å². The molecule has 0 unspecified atom stereocenters. The number of carbonyl (C=O) groups excluding carboxylic acids is 3. The van der Waals surface area contributed by atoms with Gasteiger partial charge in [0.2, 0.25) is 5.91 Å². The molecule has 32 heavy (non-hydrogen) atoms. The summed E-state index contributed by atoms with van der Waals surface area (Å²) in [6, 6.07) is 12.5. The van der Waals surface area contributed by atoms with E-state index in [4.69, 9.17) is 0 Å². The smallest absolute Gasteiger partial charge is 0.278 e. The molecular formula is C24H27N5O3. The fourth-order valence-corrected chi connectivity index (χ4v) is 4.13. The van der Waals surface area contributed by atoms with E-state index in [1.165, 1.54) is 11.8 Å². The topological polar surface area (TPSA) is 85.8 Å². The van der Waals surface area contributed by atoms with Crippen molar-refractivity contribution in [2.45, 2.75) is 20.4 Å². The molecule has 8 heteroatoms. The maximum atomic E-state index is 13.5. The maximum absolute atomic E-state index is 13.5. The molecule has 2 aliphatic heterocycles. The second-order valence-electron chi connectivity index (χ2n) is 7.92. The van der Waals surface area contributed by atoms with E-state index in [0.717, 1.165) is 19.6 Å². The van der Waals surface area contributed by atoms with Crippen molar-refractivity contribution in [3.05, 3.63) is 65.6 Å². The highest BCUT2D eigenvalue weighted by Gasteiger charge is 2.42. The number of piperazine rings is 1. The zero-order chi connectivity index (χ0) is 22.7. The lowest BCUT2D eigenvalue weighted by Gasteiger charge is -2.36. The number of carbonyl (C=O) groups is 3. The predicted octanol–water partition coefficient (Wildman–Crippen LogP) is 1.96. The number of likely N-dealkylation sites (N-methyl/N-ethyl adjacent to an activating group) is 1. The van der Waals surface area contributed by atoms with Gasteiger partial charge in [0.05, 0.1) is 17.8 Å². The van der Waals surface area contributed by atoms with E-state index in [-0.39, 0.29) is 24.3 Å². The summed E-state index contributed by atoms with van der Waals surface area (Å²) in [5.41, 5.74) is 2.82. The number of rotatable bonds is 6. The van der Waals surface area contributed by atoms with Crippen molar-refractivity contribution < 1.29 is 14.4 Å². The summed E-state index contributed by atoms with van der Waals surface area (Å²) in [5.74, 6) is -0.771. The van der Waals surface area contributed by atoms with E-state index in [9.17, 15) is 14.4 Å². The van der Waals surface area contributed by atoms with Gasteiger partial charge in [-0.05, 0) is 36.4 Å². The Labute approximate surface area is 187 Å². The predicted molar refractivity (Wildman–Crippen MR) is 121 cm³/mol. The molecule has 2 aromatic rings. The van der Waals surface area contributed by atoms with E-state index in [2.05, 4.69) is 22.1 Å². The molecule has 1 saturated heterocycles.